The summed E-state index contributed by atoms with van der Waals surface area (Å²) in [4.78, 5) is 21.7. The number of nitrogens with zero attached hydrogens (tertiary/aromatic N) is 4. The van der Waals surface area contributed by atoms with E-state index in [-0.39, 0.29) is 17.9 Å². The predicted octanol–water partition coefficient (Wildman–Crippen LogP) is 1.05. The van der Waals surface area contributed by atoms with Crippen LogP contribution in [0.3, 0.4) is 0 Å². The fraction of sp³-hybridized carbons (Fsp3) is 0.750. The molecule has 2 atom stereocenters. The number of aryl methyl sites for hydroxylation is 1. The summed E-state index contributed by atoms with van der Waals surface area (Å²) in [6, 6.07) is 0. The molecule has 0 unspecified atom stereocenters. The Hall–Kier alpha value is -1.40. The second-order valence-corrected chi connectivity index (χ2v) is 6.42. The number of ether oxygens (including phenoxy) is 1. The number of hydrogen-bond acceptors (Lipinski definition) is 4. The average molecular weight is 306 g/mol. The lowest BCUT2D eigenvalue weighted by Gasteiger charge is -2.34. The van der Waals surface area contributed by atoms with E-state index in [1.807, 2.05) is 22.7 Å². The molecular weight excluding hydrogens is 280 g/mol. The standard InChI is InChI=1S/C16H26N4O2/c1-18-7-4-8-20(11-10-18)16(21)13-5-3-12-22-14(13)15-17-6-9-19(15)2/h6,9,13-14H,3-5,7-8,10-12H2,1-2H3/t13-,14-/m1/s1. The van der Waals surface area contributed by atoms with Gasteiger partial charge in [-0.25, -0.2) is 4.98 Å². The summed E-state index contributed by atoms with van der Waals surface area (Å²) in [5.41, 5.74) is 0. The van der Waals surface area contributed by atoms with Crippen LogP contribution in [0.25, 0.3) is 0 Å². The highest BCUT2D eigenvalue weighted by Gasteiger charge is 2.37. The molecular formula is C16H26N4O2. The Morgan fingerprint density at radius 3 is 2.86 bits per heavy atom. The van der Waals surface area contributed by atoms with Gasteiger partial charge in [-0.05, 0) is 32.9 Å². The SMILES string of the molecule is CN1CCCN(C(=O)[C@@H]2CCCO[C@H]2c2nccn2C)CC1. The number of carbonyl (C=O) groups is 1. The summed E-state index contributed by atoms with van der Waals surface area (Å²) in [7, 11) is 4.08. The Labute approximate surface area is 132 Å². The first-order chi connectivity index (χ1) is 10.7. The molecule has 22 heavy (non-hydrogen) atoms. The molecule has 122 valence electrons. The van der Waals surface area contributed by atoms with E-state index in [0.29, 0.717) is 6.61 Å². The molecule has 2 aliphatic rings. The van der Waals surface area contributed by atoms with Crippen molar-refractivity contribution in [3.05, 3.63) is 18.2 Å². The molecule has 6 nitrogen and oxygen atoms in total. The molecule has 0 aromatic carbocycles. The number of likely N-dealkylation sites (N-methyl/N-ethyl adjacent to an activating group) is 1. The van der Waals surface area contributed by atoms with Gasteiger partial charge in [0.1, 0.15) is 11.9 Å². The van der Waals surface area contributed by atoms with Crippen LogP contribution in [-0.2, 0) is 16.6 Å². The van der Waals surface area contributed by atoms with Crippen molar-refractivity contribution < 1.29 is 9.53 Å². The number of imidazole rings is 1. The smallest absolute Gasteiger partial charge is 0.228 e. The second-order valence-electron chi connectivity index (χ2n) is 6.42. The van der Waals surface area contributed by atoms with Crippen molar-refractivity contribution in [3.8, 4) is 0 Å². The molecule has 3 rings (SSSR count). The fourth-order valence-electron chi connectivity index (χ4n) is 3.44. The summed E-state index contributed by atoms with van der Waals surface area (Å²) in [5, 5.41) is 0. The zero-order chi connectivity index (χ0) is 15.5. The van der Waals surface area contributed by atoms with E-state index in [1.54, 1.807) is 6.20 Å². The van der Waals surface area contributed by atoms with Crippen LogP contribution in [0.4, 0.5) is 0 Å². The Bertz CT molecular complexity index is 516. The fourth-order valence-corrected chi connectivity index (χ4v) is 3.44. The van der Waals surface area contributed by atoms with E-state index in [4.69, 9.17) is 4.74 Å². The van der Waals surface area contributed by atoms with Gasteiger partial charge in [-0.15, -0.1) is 0 Å². The Kier molecular flexibility index (Phi) is 4.78. The van der Waals surface area contributed by atoms with E-state index in [1.165, 1.54) is 0 Å². The molecule has 0 bridgehead atoms. The lowest BCUT2D eigenvalue weighted by Crippen LogP contribution is -2.43. The van der Waals surface area contributed by atoms with Gasteiger partial charge in [0, 0.05) is 45.7 Å². The van der Waals surface area contributed by atoms with Crippen molar-refractivity contribution in [3.63, 3.8) is 0 Å². The van der Waals surface area contributed by atoms with Gasteiger partial charge in [-0.2, -0.15) is 0 Å². The van der Waals surface area contributed by atoms with Crippen LogP contribution < -0.4 is 0 Å². The van der Waals surface area contributed by atoms with E-state index in [0.717, 1.165) is 51.3 Å². The Balaban J connectivity index is 1.75. The largest absolute Gasteiger partial charge is 0.369 e. The minimum absolute atomic E-state index is 0.0988. The van der Waals surface area contributed by atoms with Crippen molar-refractivity contribution in [1.29, 1.82) is 0 Å². The van der Waals surface area contributed by atoms with E-state index in [2.05, 4.69) is 16.9 Å². The topological polar surface area (TPSA) is 50.6 Å². The van der Waals surface area contributed by atoms with Gasteiger partial charge in [-0.3, -0.25) is 4.79 Å². The molecule has 2 fully saturated rings. The van der Waals surface area contributed by atoms with Crippen LogP contribution in [0.1, 0.15) is 31.2 Å². The molecule has 1 aromatic rings. The first kappa shape index (κ1) is 15.5. The maximum absolute atomic E-state index is 13.0. The molecule has 2 aliphatic heterocycles. The van der Waals surface area contributed by atoms with Gasteiger partial charge in [0.2, 0.25) is 5.91 Å². The van der Waals surface area contributed by atoms with E-state index < -0.39 is 0 Å². The molecule has 0 radical (unpaired) electrons. The summed E-state index contributed by atoms with van der Waals surface area (Å²) in [5.74, 6) is 1.01. The molecule has 0 N–H and O–H groups in total. The number of rotatable bonds is 2. The Morgan fingerprint density at radius 2 is 2.09 bits per heavy atom. The molecule has 6 heteroatoms. The molecule has 0 saturated carbocycles. The third-order valence-electron chi connectivity index (χ3n) is 4.78. The number of aromatic nitrogens is 2. The quantitative estimate of drug-likeness (QED) is 0.819. The molecule has 0 spiro atoms. The maximum atomic E-state index is 13.0. The molecule has 2 saturated heterocycles. The molecule has 1 aromatic heterocycles. The van der Waals surface area contributed by atoms with Crippen molar-refractivity contribution in [2.45, 2.75) is 25.4 Å². The van der Waals surface area contributed by atoms with Gasteiger partial charge in [-0.1, -0.05) is 0 Å². The monoisotopic (exact) mass is 306 g/mol. The highest BCUT2D eigenvalue weighted by atomic mass is 16.5. The van der Waals surface area contributed by atoms with Gasteiger partial charge in [0.25, 0.3) is 0 Å². The second kappa shape index (κ2) is 6.79. The summed E-state index contributed by atoms with van der Waals surface area (Å²) < 4.78 is 7.90. The molecule has 3 heterocycles. The predicted molar refractivity (Wildman–Crippen MR) is 83.3 cm³/mol. The van der Waals surface area contributed by atoms with Gasteiger partial charge >= 0.3 is 0 Å². The first-order valence-electron chi connectivity index (χ1n) is 8.23. The number of hydrogen-bond donors (Lipinski definition) is 0. The average Bonchev–Trinajstić information content (AvgIpc) is 2.83. The van der Waals surface area contributed by atoms with Crippen molar-refractivity contribution >= 4 is 5.91 Å². The Morgan fingerprint density at radius 1 is 1.23 bits per heavy atom. The zero-order valence-electron chi connectivity index (χ0n) is 13.6. The van der Waals surface area contributed by atoms with Crippen molar-refractivity contribution in [2.75, 3.05) is 39.8 Å². The van der Waals surface area contributed by atoms with Crippen molar-refractivity contribution in [1.82, 2.24) is 19.4 Å². The maximum Gasteiger partial charge on any atom is 0.228 e. The number of amides is 1. The molecule has 1 amide bonds. The minimum atomic E-state index is -0.206. The van der Waals surface area contributed by atoms with Crippen LogP contribution in [0.5, 0.6) is 0 Å². The lowest BCUT2D eigenvalue weighted by molar-refractivity contribution is -0.146. The minimum Gasteiger partial charge on any atom is -0.369 e. The van der Waals surface area contributed by atoms with Gasteiger partial charge in [0.15, 0.2) is 0 Å². The van der Waals surface area contributed by atoms with Crippen molar-refractivity contribution in [2.24, 2.45) is 13.0 Å². The van der Waals surface area contributed by atoms with Crippen LogP contribution >= 0.6 is 0 Å². The highest BCUT2D eigenvalue weighted by Crippen LogP contribution is 2.34. The van der Waals surface area contributed by atoms with Gasteiger partial charge in [0.05, 0.1) is 5.92 Å². The van der Waals surface area contributed by atoms with Crippen LogP contribution in [0.15, 0.2) is 12.4 Å². The summed E-state index contributed by atoms with van der Waals surface area (Å²) in [6.07, 6.45) is 6.37. The van der Waals surface area contributed by atoms with E-state index >= 15 is 0 Å². The molecule has 0 aliphatic carbocycles. The summed E-state index contributed by atoms with van der Waals surface area (Å²) in [6.45, 7) is 4.40. The van der Waals surface area contributed by atoms with Gasteiger partial charge < -0.3 is 19.1 Å². The summed E-state index contributed by atoms with van der Waals surface area (Å²) >= 11 is 0. The third kappa shape index (κ3) is 3.17. The normalized spacial score (nSPS) is 27.6. The number of carbonyl (C=O) groups excluding carboxylic acids is 1. The third-order valence-corrected chi connectivity index (χ3v) is 4.78. The highest BCUT2D eigenvalue weighted by molar-refractivity contribution is 5.79. The zero-order valence-corrected chi connectivity index (χ0v) is 13.6. The van der Waals surface area contributed by atoms with E-state index in [9.17, 15) is 4.79 Å². The van der Waals surface area contributed by atoms with Crippen LogP contribution in [0, 0.1) is 5.92 Å². The first-order valence-corrected chi connectivity index (χ1v) is 8.23. The lowest BCUT2D eigenvalue weighted by atomic mass is 9.92. The van der Waals surface area contributed by atoms with Crippen LogP contribution in [0.2, 0.25) is 0 Å². The van der Waals surface area contributed by atoms with Crippen LogP contribution in [-0.4, -0.2) is 65.1 Å².